The first-order chi connectivity index (χ1) is 20.1. The highest BCUT2D eigenvalue weighted by Gasteiger charge is 2.36. The molecule has 5 aromatic carbocycles. The van der Waals surface area contributed by atoms with Crippen LogP contribution in [0.2, 0.25) is 0 Å². The van der Waals surface area contributed by atoms with Crippen LogP contribution >= 0.6 is 11.3 Å². The topological polar surface area (TPSA) is 15.3 Å². The lowest BCUT2D eigenvalue weighted by Crippen LogP contribution is -2.23. The van der Waals surface area contributed by atoms with Crippen LogP contribution in [0.4, 0.5) is 11.4 Å². The fourth-order valence-corrected chi connectivity index (χ4v) is 7.85. The Balaban J connectivity index is 1.32. The van der Waals surface area contributed by atoms with Gasteiger partial charge < -0.3 is 10.2 Å². The Morgan fingerprint density at radius 1 is 0.659 bits per heavy atom. The van der Waals surface area contributed by atoms with Gasteiger partial charge in [-0.25, -0.2) is 0 Å². The van der Waals surface area contributed by atoms with Crippen molar-refractivity contribution in [3.05, 3.63) is 149 Å². The van der Waals surface area contributed by atoms with Crippen LogP contribution < -0.4 is 10.2 Å². The van der Waals surface area contributed by atoms with E-state index in [-0.39, 0.29) is 5.41 Å². The molecule has 1 N–H and O–H groups in total. The highest BCUT2D eigenvalue weighted by atomic mass is 32.1. The van der Waals surface area contributed by atoms with Gasteiger partial charge in [0.1, 0.15) is 0 Å². The van der Waals surface area contributed by atoms with E-state index in [2.05, 4.69) is 152 Å². The van der Waals surface area contributed by atoms with Crippen LogP contribution in [0.3, 0.4) is 0 Å². The van der Waals surface area contributed by atoms with Crippen molar-refractivity contribution < 1.29 is 0 Å². The molecule has 0 saturated carbocycles. The smallest absolute Gasteiger partial charge is 0.0708 e. The fraction of sp³-hybridized carbons (Fsp3) is 0.105. The van der Waals surface area contributed by atoms with E-state index in [1.807, 2.05) is 11.3 Å². The SMILES string of the molecule is CC1(C)c2ccccc2-c2ccc(N(C3=CNCc4sc5ccccc5c43)c3ccc(-c4ccccc4)cc3)cc21. The predicted octanol–water partition coefficient (Wildman–Crippen LogP) is 10.1. The molecule has 6 aromatic rings. The fourth-order valence-electron chi connectivity index (χ4n) is 6.68. The summed E-state index contributed by atoms with van der Waals surface area (Å²) in [5.74, 6) is 0. The molecule has 1 aliphatic carbocycles. The van der Waals surface area contributed by atoms with Crippen LogP contribution in [-0.4, -0.2) is 0 Å². The molecule has 3 heteroatoms. The van der Waals surface area contributed by atoms with E-state index in [1.165, 1.54) is 65.3 Å². The molecule has 0 saturated heterocycles. The second-order valence-electron chi connectivity index (χ2n) is 11.5. The number of hydrogen-bond acceptors (Lipinski definition) is 3. The predicted molar refractivity (Wildman–Crippen MR) is 175 cm³/mol. The van der Waals surface area contributed by atoms with Crippen molar-refractivity contribution in [2.75, 3.05) is 4.90 Å². The lowest BCUT2D eigenvalue weighted by atomic mass is 9.82. The van der Waals surface area contributed by atoms with Crippen LogP contribution in [0.25, 0.3) is 38.0 Å². The number of hydrogen-bond donors (Lipinski definition) is 1. The van der Waals surface area contributed by atoms with Crippen molar-refractivity contribution in [1.82, 2.24) is 5.32 Å². The molecule has 41 heavy (non-hydrogen) atoms. The second-order valence-corrected chi connectivity index (χ2v) is 12.6. The van der Waals surface area contributed by atoms with Crippen molar-refractivity contribution >= 4 is 38.5 Å². The summed E-state index contributed by atoms with van der Waals surface area (Å²) in [4.78, 5) is 3.82. The van der Waals surface area contributed by atoms with Gasteiger partial charge in [-0.1, -0.05) is 105 Å². The maximum Gasteiger partial charge on any atom is 0.0708 e. The van der Waals surface area contributed by atoms with Gasteiger partial charge in [0.25, 0.3) is 0 Å². The molecule has 1 aromatic heterocycles. The lowest BCUT2D eigenvalue weighted by Gasteiger charge is -2.32. The van der Waals surface area contributed by atoms with E-state index in [4.69, 9.17) is 0 Å². The largest absolute Gasteiger partial charge is 0.384 e. The van der Waals surface area contributed by atoms with E-state index >= 15 is 0 Å². The van der Waals surface area contributed by atoms with E-state index in [0.29, 0.717) is 0 Å². The average molecular weight is 547 g/mol. The maximum absolute atomic E-state index is 3.60. The van der Waals surface area contributed by atoms with Crippen LogP contribution in [0, 0.1) is 0 Å². The van der Waals surface area contributed by atoms with Gasteiger partial charge >= 0.3 is 0 Å². The molecule has 0 fully saturated rings. The summed E-state index contributed by atoms with van der Waals surface area (Å²) in [6.45, 7) is 5.56. The third kappa shape index (κ3) is 3.77. The molecule has 0 radical (unpaired) electrons. The number of fused-ring (bicyclic) bond motifs is 6. The van der Waals surface area contributed by atoms with Gasteiger partial charge in [-0.3, -0.25) is 0 Å². The number of anilines is 2. The summed E-state index contributed by atoms with van der Waals surface area (Å²) in [7, 11) is 0. The molecular formula is C38H30N2S. The minimum atomic E-state index is -0.0653. The number of nitrogens with zero attached hydrogens (tertiary/aromatic N) is 1. The van der Waals surface area contributed by atoms with E-state index < -0.39 is 0 Å². The van der Waals surface area contributed by atoms with E-state index in [1.54, 1.807) is 0 Å². The van der Waals surface area contributed by atoms with Gasteiger partial charge in [0.15, 0.2) is 0 Å². The average Bonchev–Trinajstić information content (AvgIpc) is 3.51. The summed E-state index contributed by atoms with van der Waals surface area (Å²) in [5, 5.41) is 4.92. The van der Waals surface area contributed by atoms with Crippen molar-refractivity contribution in [1.29, 1.82) is 0 Å². The minimum absolute atomic E-state index is 0.0653. The minimum Gasteiger partial charge on any atom is -0.384 e. The first kappa shape index (κ1) is 24.2. The molecule has 0 unspecified atom stereocenters. The Labute approximate surface area is 245 Å². The molecular weight excluding hydrogens is 516 g/mol. The van der Waals surface area contributed by atoms with Gasteiger partial charge in [0.2, 0.25) is 0 Å². The lowest BCUT2D eigenvalue weighted by molar-refractivity contribution is 0.660. The number of rotatable bonds is 4. The zero-order valence-electron chi connectivity index (χ0n) is 23.2. The summed E-state index contributed by atoms with van der Waals surface area (Å²) in [6, 6.07) is 44.3. The first-order valence-corrected chi connectivity index (χ1v) is 15.1. The number of benzene rings is 5. The summed E-state index contributed by atoms with van der Waals surface area (Å²) < 4.78 is 1.33. The molecule has 1 aliphatic heterocycles. The highest BCUT2D eigenvalue weighted by molar-refractivity contribution is 7.19. The monoisotopic (exact) mass is 546 g/mol. The first-order valence-electron chi connectivity index (χ1n) is 14.2. The van der Waals surface area contributed by atoms with Crippen LogP contribution in [0.1, 0.15) is 35.4 Å². The Hall–Kier alpha value is -4.60. The third-order valence-corrected chi connectivity index (χ3v) is 9.90. The molecule has 2 heterocycles. The van der Waals surface area contributed by atoms with Crippen LogP contribution in [-0.2, 0) is 12.0 Å². The summed E-state index contributed by atoms with van der Waals surface area (Å²) in [6.07, 6.45) is 2.21. The Kier molecular flexibility index (Phi) is 5.45. The standard InChI is InChI=1S/C38H30N2S/c1-38(2)32-14-8-6-12-29(32)30-21-20-28(22-33(30)38)40(27-18-16-26(17-19-27)25-10-4-3-5-11-25)34-23-39-24-36-37(34)31-13-7-9-15-35(31)41-36/h3-23,39H,24H2,1-2H3. The van der Waals surface area contributed by atoms with Gasteiger partial charge in [0.05, 0.1) is 5.70 Å². The zero-order chi connectivity index (χ0) is 27.6. The molecule has 2 aliphatic rings. The summed E-state index contributed by atoms with van der Waals surface area (Å²) >= 11 is 1.89. The number of thiophene rings is 1. The Morgan fingerprint density at radius 3 is 2.20 bits per heavy atom. The molecule has 2 nitrogen and oxygen atoms in total. The maximum atomic E-state index is 3.60. The second kappa shape index (κ2) is 9.22. The van der Waals surface area contributed by atoms with E-state index in [9.17, 15) is 0 Å². The summed E-state index contributed by atoms with van der Waals surface area (Å²) in [5.41, 5.74) is 12.7. The molecule has 198 valence electrons. The quantitative estimate of drug-likeness (QED) is 0.237. The van der Waals surface area contributed by atoms with Gasteiger partial charge in [0, 0.05) is 50.1 Å². The van der Waals surface area contributed by atoms with Crippen molar-refractivity contribution in [2.45, 2.75) is 25.8 Å². The van der Waals surface area contributed by atoms with Gasteiger partial charge in [-0.05, 0) is 63.7 Å². The third-order valence-electron chi connectivity index (χ3n) is 8.72. The van der Waals surface area contributed by atoms with Gasteiger partial charge in [-0.15, -0.1) is 11.3 Å². The van der Waals surface area contributed by atoms with Gasteiger partial charge in [-0.2, -0.15) is 0 Å². The number of nitrogens with one attached hydrogen (secondary N) is 1. The molecule has 8 rings (SSSR count). The van der Waals surface area contributed by atoms with Crippen molar-refractivity contribution in [2.24, 2.45) is 0 Å². The highest BCUT2D eigenvalue weighted by Crippen LogP contribution is 2.51. The van der Waals surface area contributed by atoms with Crippen LogP contribution in [0.15, 0.2) is 128 Å². The molecule has 0 atom stereocenters. The van der Waals surface area contributed by atoms with Crippen molar-refractivity contribution in [3.8, 4) is 22.3 Å². The normalized spacial score (nSPS) is 14.5. The van der Waals surface area contributed by atoms with Crippen LogP contribution in [0.5, 0.6) is 0 Å². The molecule has 0 spiro atoms. The van der Waals surface area contributed by atoms with Crippen molar-refractivity contribution in [3.63, 3.8) is 0 Å². The Morgan fingerprint density at radius 2 is 1.34 bits per heavy atom. The Bertz CT molecular complexity index is 1960. The molecule has 0 amide bonds. The van der Waals surface area contributed by atoms with E-state index in [0.717, 1.165) is 12.2 Å². The molecule has 0 bridgehead atoms. The zero-order valence-corrected chi connectivity index (χ0v) is 24.0.